The zero-order valence-corrected chi connectivity index (χ0v) is 18.2. The van der Waals surface area contributed by atoms with Gasteiger partial charge in [-0.05, 0) is 35.4 Å². The first-order valence-corrected chi connectivity index (χ1v) is 11.3. The molecule has 0 N–H and O–H groups in total. The van der Waals surface area contributed by atoms with Gasteiger partial charge in [0, 0.05) is 11.1 Å². The highest BCUT2D eigenvalue weighted by atomic mass is 14.9. The maximum atomic E-state index is 5.14. The van der Waals surface area contributed by atoms with Gasteiger partial charge in [-0.15, -0.1) is 0 Å². The van der Waals surface area contributed by atoms with Gasteiger partial charge in [0.2, 0.25) is 0 Å². The summed E-state index contributed by atoms with van der Waals surface area (Å²) in [5.74, 6) is 0. The van der Waals surface area contributed by atoms with Crippen LogP contribution in [-0.4, -0.2) is 19.9 Å². The summed E-state index contributed by atoms with van der Waals surface area (Å²) in [6.07, 6.45) is 0. The van der Waals surface area contributed by atoms with Gasteiger partial charge in [-0.3, -0.25) is 0 Å². The Balaban J connectivity index is 1.79. The summed E-state index contributed by atoms with van der Waals surface area (Å²) >= 11 is 0. The molecule has 0 saturated heterocycles. The molecule has 7 aromatic rings. The Morgan fingerprint density at radius 3 is 0.853 bits per heavy atom. The fraction of sp³-hybridized carbons (Fsp3) is 0. The molecule has 0 unspecified atom stereocenters. The molecule has 0 aliphatic rings. The van der Waals surface area contributed by atoms with Gasteiger partial charge < -0.3 is 0 Å². The van der Waals surface area contributed by atoms with E-state index < -0.39 is 0 Å². The molecule has 2 aromatic heterocycles. The van der Waals surface area contributed by atoms with Crippen LogP contribution in [0.2, 0.25) is 0 Å². The summed E-state index contributed by atoms with van der Waals surface area (Å²) < 4.78 is 0. The molecule has 0 radical (unpaired) electrons. The zero-order chi connectivity index (χ0) is 22.5. The van der Waals surface area contributed by atoms with Gasteiger partial charge in [0.05, 0.1) is 22.1 Å². The van der Waals surface area contributed by atoms with Gasteiger partial charge in [0.25, 0.3) is 0 Å². The highest BCUT2D eigenvalue weighted by Crippen LogP contribution is 2.41. The van der Waals surface area contributed by atoms with Crippen molar-refractivity contribution >= 4 is 44.1 Å². The molecule has 4 heteroatoms. The topological polar surface area (TPSA) is 51.6 Å². The summed E-state index contributed by atoms with van der Waals surface area (Å²) in [5.41, 5.74) is 10.8. The van der Waals surface area contributed by atoms with Gasteiger partial charge >= 0.3 is 0 Å². The summed E-state index contributed by atoms with van der Waals surface area (Å²) in [7, 11) is 0. The van der Waals surface area contributed by atoms with E-state index in [1.54, 1.807) is 0 Å². The minimum absolute atomic E-state index is 0.834. The monoisotopic (exact) mass is 434 g/mol. The molecular weight excluding hydrogens is 416 g/mol. The summed E-state index contributed by atoms with van der Waals surface area (Å²) in [6.45, 7) is 0. The molecule has 0 bridgehead atoms. The molecule has 0 aliphatic carbocycles. The van der Waals surface area contributed by atoms with E-state index in [9.17, 15) is 0 Å². The van der Waals surface area contributed by atoms with E-state index >= 15 is 0 Å². The van der Waals surface area contributed by atoms with Crippen LogP contribution < -0.4 is 0 Å². The number of benzene rings is 5. The van der Waals surface area contributed by atoms with E-state index in [-0.39, 0.29) is 0 Å². The van der Waals surface area contributed by atoms with Crippen LogP contribution in [0.1, 0.15) is 0 Å². The van der Waals surface area contributed by atoms with E-state index in [2.05, 4.69) is 24.3 Å². The molecule has 4 nitrogen and oxygen atoms in total. The third-order valence-electron chi connectivity index (χ3n) is 6.21. The molecule has 0 saturated carbocycles. The Kier molecular flexibility index (Phi) is 4.11. The van der Waals surface area contributed by atoms with Gasteiger partial charge in [-0.25, -0.2) is 19.9 Å². The Bertz CT molecular complexity index is 1610. The Labute approximate surface area is 195 Å². The number of aromatic nitrogens is 4. The van der Waals surface area contributed by atoms with Crippen LogP contribution in [0, 0.1) is 0 Å². The summed E-state index contributed by atoms with van der Waals surface area (Å²) in [6, 6.07) is 36.6. The van der Waals surface area contributed by atoms with Crippen LogP contribution in [-0.2, 0) is 0 Å². The molecule has 0 fully saturated rings. The lowest BCUT2D eigenvalue weighted by Gasteiger charge is -2.16. The van der Waals surface area contributed by atoms with Crippen molar-refractivity contribution in [3.63, 3.8) is 0 Å². The highest BCUT2D eigenvalue weighted by Gasteiger charge is 2.22. The minimum atomic E-state index is 0.834. The average molecular weight is 435 g/mol. The molecule has 5 aromatic carbocycles. The first-order valence-electron chi connectivity index (χ1n) is 11.3. The van der Waals surface area contributed by atoms with Crippen LogP contribution in [0.4, 0.5) is 0 Å². The molecule has 7 rings (SSSR count). The Morgan fingerprint density at radius 2 is 0.559 bits per heavy atom. The number of nitrogens with zero attached hydrogens (tertiary/aromatic N) is 4. The number of para-hydroxylation sites is 4. The fourth-order valence-corrected chi connectivity index (χ4v) is 4.68. The average Bonchev–Trinajstić information content (AvgIpc) is 2.90. The van der Waals surface area contributed by atoms with Crippen molar-refractivity contribution in [2.75, 3.05) is 0 Å². The second-order valence-corrected chi connectivity index (χ2v) is 8.30. The summed E-state index contributed by atoms with van der Waals surface area (Å²) in [4.78, 5) is 20.6. The lowest BCUT2D eigenvalue weighted by atomic mass is 9.94. The maximum absolute atomic E-state index is 5.14. The first-order chi connectivity index (χ1) is 16.9. The van der Waals surface area contributed by atoms with Crippen molar-refractivity contribution in [3.8, 4) is 22.3 Å². The highest BCUT2D eigenvalue weighted by molar-refractivity contribution is 6.18. The maximum Gasteiger partial charge on any atom is 0.100 e. The number of fused-ring (bicyclic) bond motifs is 4. The Hall–Kier alpha value is -4.70. The molecular formula is C30H18N4. The van der Waals surface area contributed by atoms with Gasteiger partial charge in [-0.2, -0.15) is 0 Å². The van der Waals surface area contributed by atoms with Crippen molar-refractivity contribution in [2.45, 2.75) is 0 Å². The fourth-order valence-electron chi connectivity index (χ4n) is 4.68. The minimum Gasteiger partial charge on any atom is -0.244 e. The van der Waals surface area contributed by atoms with E-state index in [4.69, 9.17) is 19.9 Å². The lowest BCUT2D eigenvalue weighted by Crippen LogP contribution is -1.99. The van der Waals surface area contributed by atoms with Crippen molar-refractivity contribution < 1.29 is 0 Å². The van der Waals surface area contributed by atoms with Crippen molar-refractivity contribution in [1.29, 1.82) is 0 Å². The third-order valence-corrected chi connectivity index (χ3v) is 6.21. The Morgan fingerprint density at radius 1 is 0.294 bits per heavy atom. The molecule has 0 atom stereocenters. The predicted octanol–water partition coefficient (Wildman–Crippen LogP) is 7.21. The second kappa shape index (κ2) is 7.42. The van der Waals surface area contributed by atoms with Gasteiger partial charge in [0.1, 0.15) is 22.1 Å². The number of rotatable bonds is 2. The molecule has 34 heavy (non-hydrogen) atoms. The van der Waals surface area contributed by atoms with Gasteiger partial charge in [-0.1, -0.05) is 84.9 Å². The number of hydrogen-bond acceptors (Lipinski definition) is 4. The molecule has 158 valence electrons. The quantitative estimate of drug-likeness (QED) is 0.270. The largest absolute Gasteiger partial charge is 0.244 e. The zero-order valence-electron chi connectivity index (χ0n) is 18.2. The second-order valence-electron chi connectivity index (χ2n) is 8.30. The van der Waals surface area contributed by atoms with Crippen LogP contribution in [0.5, 0.6) is 0 Å². The molecule has 0 aliphatic heterocycles. The smallest absolute Gasteiger partial charge is 0.100 e. The number of hydrogen-bond donors (Lipinski definition) is 0. The molecule has 0 amide bonds. The molecule has 0 spiro atoms. The standard InChI is InChI=1S/C30H18N4/c1-3-11-19(12-4-1)25-27-29(33-23-17-9-7-15-21(23)31-27)26(20-13-5-2-6-14-20)30-28(25)32-22-16-8-10-18-24(22)34-30/h1-18H. The third kappa shape index (κ3) is 2.86. The van der Waals surface area contributed by atoms with Gasteiger partial charge in [0.15, 0.2) is 0 Å². The predicted molar refractivity (Wildman–Crippen MR) is 139 cm³/mol. The summed E-state index contributed by atoms with van der Waals surface area (Å²) in [5, 5.41) is 0. The van der Waals surface area contributed by atoms with Crippen LogP contribution in [0.15, 0.2) is 109 Å². The van der Waals surface area contributed by atoms with Crippen molar-refractivity contribution in [2.24, 2.45) is 0 Å². The first kappa shape index (κ1) is 18.8. The van der Waals surface area contributed by atoms with Crippen LogP contribution >= 0.6 is 0 Å². The van der Waals surface area contributed by atoms with Crippen molar-refractivity contribution in [1.82, 2.24) is 19.9 Å². The normalized spacial score (nSPS) is 11.5. The van der Waals surface area contributed by atoms with E-state index in [1.165, 1.54) is 0 Å². The lowest BCUT2D eigenvalue weighted by molar-refractivity contribution is 1.36. The van der Waals surface area contributed by atoms with E-state index in [1.807, 2.05) is 84.9 Å². The van der Waals surface area contributed by atoms with Crippen LogP contribution in [0.3, 0.4) is 0 Å². The molecule has 2 heterocycles. The SMILES string of the molecule is c1ccc(-c2c3nc4ccccc4nc3c(-c3ccccc3)c3nc4ccccc4nc23)cc1. The van der Waals surface area contributed by atoms with Crippen molar-refractivity contribution in [3.05, 3.63) is 109 Å². The van der Waals surface area contributed by atoms with E-state index in [0.717, 1.165) is 66.4 Å². The van der Waals surface area contributed by atoms with Crippen LogP contribution in [0.25, 0.3) is 66.4 Å². The van der Waals surface area contributed by atoms with E-state index in [0.29, 0.717) is 0 Å².